The lowest BCUT2D eigenvalue weighted by atomic mass is 10.2. The van der Waals surface area contributed by atoms with E-state index in [2.05, 4.69) is 9.71 Å². The topological polar surface area (TPSA) is 89.3 Å². The fraction of sp³-hybridized carbons (Fsp3) is 0.286. The third-order valence-electron chi connectivity index (χ3n) is 2.99. The fourth-order valence-electron chi connectivity index (χ4n) is 1.85. The first-order valence-corrected chi connectivity index (χ1v) is 7.81. The average molecular weight is 308 g/mol. The van der Waals surface area contributed by atoms with Crippen molar-refractivity contribution in [3.63, 3.8) is 0 Å². The summed E-state index contributed by atoms with van der Waals surface area (Å²) in [6, 6.07) is 5.77. The first kappa shape index (κ1) is 15.4. The number of carbonyl (C=O) groups is 1. The molecule has 0 aliphatic heterocycles. The van der Waals surface area contributed by atoms with Crippen LogP contribution in [-0.4, -0.2) is 19.2 Å². The number of nitrogens with zero attached hydrogens (tertiary/aromatic N) is 1. The van der Waals surface area contributed by atoms with Gasteiger partial charge in [0.15, 0.2) is 11.7 Å². The smallest absolute Gasteiger partial charge is 0.240 e. The van der Waals surface area contributed by atoms with Crippen LogP contribution < -0.4 is 4.72 Å². The van der Waals surface area contributed by atoms with Gasteiger partial charge < -0.3 is 4.42 Å². The third kappa shape index (κ3) is 3.56. The Morgan fingerprint density at radius 1 is 1.24 bits per heavy atom. The second-order valence-electron chi connectivity index (χ2n) is 4.65. The Morgan fingerprint density at radius 3 is 2.33 bits per heavy atom. The van der Waals surface area contributed by atoms with Crippen molar-refractivity contribution in [1.82, 2.24) is 9.71 Å². The maximum atomic E-state index is 12.1. The van der Waals surface area contributed by atoms with Gasteiger partial charge in [-0.05, 0) is 26.0 Å². The molecule has 0 aliphatic rings. The van der Waals surface area contributed by atoms with Crippen LogP contribution in [0.3, 0.4) is 0 Å². The summed E-state index contributed by atoms with van der Waals surface area (Å²) in [5, 5.41) is 0. The first-order valence-electron chi connectivity index (χ1n) is 6.33. The summed E-state index contributed by atoms with van der Waals surface area (Å²) in [6.45, 7) is 4.91. The quantitative estimate of drug-likeness (QED) is 0.853. The summed E-state index contributed by atoms with van der Waals surface area (Å²) in [7, 11) is -3.66. The number of aromatic nitrogens is 1. The van der Waals surface area contributed by atoms with Gasteiger partial charge in [-0.15, -0.1) is 0 Å². The Labute approximate surface area is 123 Å². The Kier molecular flexibility index (Phi) is 4.24. The van der Waals surface area contributed by atoms with E-state index >= 15 is 0 Å². The lowest BCUT2D eigenvalue weighted by Gasteiger charge is -2.06. The normalized spacial score (nSPS) is 11.6. The molecule has 0 unspecified atom stereocenters. The number of hydrogen-bond donors (Lipinski definition) is 1. The van der Waals surface area contributed by atoms with Crippen LogP contribution in [-0.2, 0) is 16.6 Å². The maximum absolute atomic E-state index is 12.1. The molecule has 0 amide bonds. The molecule has 7 heteroatoms. The lowest BCUT2D eigenvalue weighted by Crippen LogP contribution is -2.23. The molecule has 1 N–H and O–H groups in total. The minimum Gasteiger partial charge on any atom is -0.444 e. The predicted octanol–water partition coefficient (Wildman–Crippen LogP) is 1.97. The van der Waals surface area contributed by atoms with Crippen molar-refractivity contribution in [3.05, 3.63) is 47.2 Å². The van der Waals surface area contributed by atoms with Crippen LogP contribution in [0.15, 0.2) is 33.6 Å². The zero-order valence-corrected chi connectivity index (χ0v) is 12.8. The number of Topliss-reactive ketones (excluding diaryl/α,β-unsaturated/α-hetero) is 1. The van der Waals surface area contributed by atoms with Gasteiger partial charge in [-0.1, -0.05) is 12.1 Å². The third-order valence-corrected chi connectivity index (χ3v) is 4.41. The fourth-order valence-corrected chi connectivity index (χ4v) is 2.83. The second kappa shape index (κ2) is 5.79. The molecule has 0 radical (unpaired) electrons. The minimum absolute atomic E-state index is 0.0312. The van der Waals surface area contributed by atoms with E-state index < -0.39 is 10.0 Å². The van der Waals surface area contributed by atoms with E-state index in [1.165, 1.54) is 31.2 Å². The van der Waals surface area contributed by atoms with E-state index in [0.29, 0.717) is 22.9 Å². The number of ketones is 1. The van der Waals surface area contributed by atoms with Gasteiger partial charge in [0.05, 0.1) is 17.1 Å². The predicted molar refractivity (Wildman–Crippen MR) is 76.4 cm³/mol. The summed E-state index contributed by atoms with van der Waals surface area (Å²) in [5.74, 6) is 0.864. The van der Waals surface area contributed by atoms with Crippen molar-refractivity contribution in [2.45, 2.75) is 32.2 Å². The number of sulfonamides is 1. The molecule has 0 saturated heterocycles. The van der Waals surface area contributed by atoms with Gasteiger partial charge >= 0.3 is 0 Å². The average Bonchev–Trinajstić information content (AvgIpc) is 2.75. The molecule has 0 saturated carbocycles. The number of hydrogen-bond acceptors (Lipinski definition) is 5. The molecule has 0 atom stereocenters. The van der Waals surface area contributed by atoms with Gasteiger partial charge in [0, 0.05) is 12.5 Å². The molecule has 0 spiro atoms. The Morgan fingerprint density at radius 2 is 1.86 bits per heavy atom. The number of oxazole rings is 1. The largest absolute Gasteiger partial charge is 0.444 e. The number of benzene rings is 1. The van der Waals surface area contributed by atoms with Crippen molar-refractivity contribution < 1.29 is 17.6 Å². The van der Waals surface area contributed by atoms with E-state index in [-0.39, 0.29) is 17.2 Å². The summed E-state index contributed by atoms with van der Waals surface area (Å²) in [5.41, 5.74) is 1.12. The highest BCUT2D eigenvalue weighted by Gasteiger charge is 2.16. The molecule has 21 heavy (non-hydrogen) atoms. The van der Waals surface area contributed by atoms with Crippen molar-refractivity contribution in [3.8, 4) is 0 Å². The summed E-state index contributed by atoms with van der Waals surface area (Å²) in [4.78, 5) is 15.3. The van der Waals surface area contributed by atoms with E-state index in [4.69, 9.17) is 4.42 Å². The molecular weight excluding hydrogens is 292 g/mol. The van der Waals surface area contributed by atoms with Gasteiger partial charge in [0.1, 0.15) is 5.76 Å². The second-order valence-corrected chi connectivity index (χ2v) is 6.41. The Balaban J connectivity index is 2.14. The molecule has 1 aromatic heterocycles. The highest BCUT2D eigenvalue weighted by Crippen LogP contribution is 2.13. The molecule has 2 rings (SSSR count). The highest BCUT2D eigenvalue weighted by atomic mass is 32.2. The molecule has 112 valence electrons. The van der Waals surface area contributed by atoms with Crippen LogP contribution in [0.2, 0.25) is 0 Å². The van der Waals surface area contributed by atoms with Crippen LogP contribution in [0.1, 0.15) is 34.6 Å². The molecular formula is C14H16N2O4S. The van der Waals surface area contributed by atoms with Gasteiger partial charge in [-0.25, -0.2) is 18.1 Å². The number of aryl methyl sites for hydroxylation is 2. The molecule has 2 aromatic rings. The van der Waals surface area contributed by atoms with Gasteiger partial charge in [-0.3, -0.25) is 4.79 Å². The zero-order valence-electron chi connectivity index (χ0n) is 12.0. The lowest BCUT2D eigenvalue weighted by molar-refractivity contribution is 0.101. The zero-order chi connectivity index (χ0) is 15.6. The standard InChI is InChI=1S/C14H16N2O4S/c1-9-14(20-11(3)16-9)8-15-21(18,19)13-6-4-12(5-7-13)10(2)17/h4-7,15H,8H2,1-3H3. The monoisotopic (exact) mass is 308 g/mol. The van der Waals surface area contributed by atoms with E-state index in [9.17, 15) is 13.2 Å². The first-order chi connectivity index (χ1) is 9.79. The summed E-state index contributed by atoms with van der Waals surface area (Å²) in [6.07, 6.45) is 0. The van der Waals surface area contributed by atoms with Crippen molar-refractivity contribution >= 4 is 15.8 Å². The van der Waals surface area contributed by atoms with Crippen LogP contribution in [0.4, 0.5) is 0 Å². The Bertz CT molecular complexity index is 761. The van der Waals surface area contributed by atoms with Crippen molar-refractivity contribution in [2.75, 3.05) is 0 Å². The van der Waals surface area contributed by atoms with Crippen LogP contribution >= 0.6 is 0 Å². The molecule has 6 nitrogen and oxygen atoms in total. The van der Waals surface area contributed by atoms with Gasteiger partial charge in [0.25, 0.3) is 0 Å². The van der Waals surface area contributed by atoms with E-state index in [1.807, 2.05) is 0 Å². The van der Waals surface area contributed by atoms with Gasteiger partial charge in [0.2, 0.25) is 10.0 Å². The van der Waals surface area contributed by atoms with Crippen molar-refractivity contribution in [2.24, 2.45) is 0 Å². The SMILES string of the molecule is CC(=O)c1ccc(S(=O)(=O)NCc2oc(C)nc2C)cc1. The Hall–Kier alpha value is -1.99. The minimum atomic E-state index is -3.66. The summed E-state index contributed by atoms with van der Waals surface area (Å²) >= 11 is 0. The highest BCUT2D eigenvalue weighted by molar-refractivity contribution is 7.89. The number of carbonyl (C=O) groups excluding carboxylic acids is 1. The van der Waals surface area contributed by atoms with Crippen LogP contribution in [0.5, 0.6) is 0 Å². The van der Waals surface area contributed by atoms with E-state index in [1.54, 1.807) is 13.8 Å². The number of rotatable bonds is 5. The van der Waals surface area contributed by atoms with Crippen LogP contribution in [0, 0.1) is 13.8 Å². The van der Waals surface area contributed by atoms with Crippen molar-refractivity contribution in [1.29, 1.82) is 0 Å². The molecule has 1 aromatic carbocycles. The van der Waals surface area contributed by atoms with Gasteiger partial charge in [-0.2, -0.15) is 0 Å². The van der Waals surface area contributed by atoms with E-state index in [0.717, 1.165) is 0 Å². The number of nitrogens with one attached hydrogen (secondary N) is 1. The maximum Gasteiger partial charge on any atom is 0.240 e. The summed E-state index contributed by atoms with van der Waals surface area (Å²) < 4.78 is 32.1. The molecule has 1 heterocycles. The molecule has 0 fully saturated rings. The van der Waals surface area contributed by atoms with Crippen LogP contribution in [0.25, 0.3) is 0 Å². The molecule has 0 bridgehead atoms. The molecule has 0 aliphatic carbocycles.